The quantitative estimate of drug-likeness (QED) is 0.804. The molecule has 2 aromatic heterocycles. The van der Waals surface area contributed by atoms with Crippen LogP contribution in [0.1, 0.15) is 61.6 Å². The molecule has 1 aliphatic rings. The Hall–Kier alpha value is -2.18. The fraction of sp³-hybridized carbons (Fsp3) is 0.667. The summed E-state index contributed by atoms with van der Waals surface area (Å²) in [7, 11) is 0. The van der Waals surface area contributed by atoms with Crippen LogP contribution >= 0.6 is 0 Å². The van der Waals surface area contributed by atoms with Crippen molar-refractivity contribution in [3.8, 4) is 0 Å². The minimum absolute atomic E-state index is 0.157. The topological polar surface area (TPSA) is 77.0 Å². The van der Waals surface area contributed by atoms with Gasteiger partial charge in [0.15, 0.2) is 5.82 Å². The number of hydrogen-bond donors (Lipinski definition) is 0. The van der Waals surface area contributed by atoms with E-state index < -0.39 is 0 Å². The van der Waals surface area contributed by atoms with Gasteiger partial charge < -0.3 is 9.42 Å². The Labute approximate surface area is 148 Å². The first-order chi connectivity index (χ1) is 12.1. The zero-order valence-corrected chi connectivity index (χ0v) is 15.4. The SMILES string of the molecule is CCCc1noc(C2CCCN(C(=O)CCn3nc(C)cc3C)C2)n1. The van der Waals surface area contributed by atoms with E-state index in [1.54, 1.807) is 0 Å². The summed E-state index contributed by atoms with van der Waals surface area (Å²) in [6, 6.07) is 2.03. The van der Waals surface area contributed by atoms with E-state index in [1.807, 2.05) is 29.5 Å². The molecule has 1 atom stereocenters. The zero-order chi connectivity index (χ0) is 17.8. The van der Waals surface area contributed by atoms with Crippen molar-refractivity contribution in [1.82, 2.24) is 24.8 Å². The molecule has 0 aromatic carbocycles. The van der Waals surface area contributed by atoms with Crippen LogP contribution in [0.5, 0.6) is 0 Å². The highest BCUT2D eigenvalue weighted by Crippen LogP contribution is 2.26. The average Bonchev–Trinajstić information content (AvgIpc) is 3.19. The van der Waals surface area contributed by atoms with Crippen LogP contribution in [0.3, 0.4) is 0 Å². The molecule has 1 fully saturated rings. The normalized spacial score (nSPS) is 17.9. The Morgan fingerprint density at radius 1 is 1.40 bits per heavy atom. The van der Waals surface area contributed by atoms with Gasteiger partial charge in [0.2, 0.25) is 11.8 Å². The number of likely N-dealkylation sites (tertiary alicyclic amines) is 1. The fourth-order valence-corrected chi connectivity index (χ4v) is 3.42. The first-order valence-electron chi connectivity index (χ1n) is 9.18. The predicted molar refractivity (Wildman–Crippen MR) is 93.2 cm³/mol. The minimum atomic E-state index is 0.157. The summed E-state index contributed by atoms with van der Waals surface area (Å²) < 4.78 is 7.33. The van der Waals surface area contributed by atoms with Gasteiger partial charge in [-0.25, -0.2) is 0 Å². The van der Waals surface area contributed by atoms with Gasteiger partial charge in [-0.05, 0) is 39.2 Å². The monoisotopic (exact) mass is 345 g/mol. The number of rotatable bonds is 6. The summed E-state index contributed by atoms with van der Waals surface area (Å²) in [5.74, 6) is 1.78. The van der Waals surface area contributed by atoms with Crippen molar-refractivity contribution in [1.29, 1.82) is 0 Å². The number of amides is 1. The molecule has 0 bridgehead atoms. The van der Waals surface area contributed by atoms with Gasteiger partial charge in [-0.3, -0.25) is 9.48 Å². The van der Waals surface area contributed by atoms with Gasteiger partial charge in [-0.15, -0.1) is 0 Å². The van der Waals surface area contributed by atoms with Crippen LogP contribution in [0.2, 0.25) is 0 Å². The van der Waals surface area contributed by atoms with E-state index >= 15 is 0 Å². The lowest BCUT2D eigenvalue weighted by molar-refractivity contribution is -0.132. The van der Waals surface area contributed by atoms with Crippen LogP contribution in [0.25, 0.3) is 0 Å². The second kappa shape index (κ2) is 7.80. The second-order valence-electron chi connectivity index (χ2n) is 6.88. The third kappa shape index (κ3) is 4.27. The van der Waals surface area contributed by atoms with E-state index in [-0.39, 0.29) is 11.8 Å². The Morgan fingerprint density at radius 2 is 2.24 bits per heavy atom. The van der Waals surface area contributed by atoms with Gasteiger partial charge in [-0.2, -0.15) is 10.1 Å². The molecule has 136 valence electrons. The number of carbonyl (C=O) groups excluding carboxylic acids is 1. The molecule has 0 aliphatic carbocycles. The third-order valence-corrected chi connectivity index (χ3v) is 4.72. The summed E-state index contributed by atoms with van der Waals surface area (Å²) in [5.41, 5.74) is 2.08. The summed E-state index contributed by atoms with van der Waals surface area (Å²) >= 11 is 0. The maximum Gasteiger partial charge on any atom is 0.231 e. The van der Waals surface area contributed by atoms with Crippen LogP contribution in [-0.4, -0.2) is 43.8 Å². The van der Waals surface area contributed by atoms with E-state index in [2.05, 4.69) is 22.2 Å². The molecule has 0 N–H and O–H groups in total. The van der Waals surface area contributed by atoms with Gasteiger partial charge in [-0.1, -0.05) is 12.1 Å². The van der Waals surface area contributed by atoms with Gasteiger partial charge >= 0.3 is 0 Å². The lowest BCUT2D eigenvalue weighted by atomic mass is 9.97. The Kier molecular flexibility index (Phi) is 5.50. The standard InChI is InChI=1S/C18H27N5O2/c1-4-6-16-19-18(25-21-16)15-7-5-9-22(12-15)17(24)8-10-23-14(3)11-13(2)20-23/h11,15H,4-10,12H2,1-3H3. The van der Waals surface area contributed by atoms with Gasteiger partial charge in [0.1, 0.15) is 0 Å². The molecular weight excluding hydrogens is 318 g/mol. The number of aryl methyl sites for hydroxylation is 4. The van der Waals surface area contributed by atoms with E-state index in [0.29, 0.717) is 25.4 Å². The van der Waals surface area contributed by atoms with Crippen molar-refractivity contribution in [2.75, 3.05) is 13.1 Å². The molecule has 7 nitrogen and oxygen atoms in total. The van der Waals surface area contributed by atoms with Crippen LogP contribution < -0.4 is 0 Å². The molecule has 0 spiro atoms. The molecule has 7 heteroatoms. The van der Waals surface area contributed by atoms with Crippen LogP contribution in [0.15, 0.2) is 10.6 Å². The number of nitrogens with zero attached hydrogens (tertiary/aromatic N) is 5. The fourth-order valence-electron chi connectivity index (χ4n) is 3.42. The number of piperidine rings is 1. The molecule has 2 aromatic rings. The molecule has 3 heterocycles. The largest absolute Gasteiger partial charge is 0.342 e. The number of carbonyl (C=O) groups is 1. The van der Waals surface area contributed by atoms with Crippen molar-refractivity contribution >= 4 is 5.91 Å². The number of hydrogen-bond acceptors (Lipinski definition) is 5. The Morgan fingerprint density at radius 3 is 2.96 bits per heavy atom. The highest BCUT2D eigenvalue weighted by molar-refractivity contribution is 5.76. The zero-order valence-electron chi connectivity index (χ0n) is 15.4. The maximum absolute atomic E-state index is 12.6. The van der Waals surface area contributed by atoms with Crippen LogP contribution in [-0.2, 0) is 17.8 Å². The average molecular weight is 345 g/mol. The molecule has 1 aliphatic heterocycles. The minimum Gasteiger partial charge on any atom is -0.342 e. The first kappa shape index (κ1) is 17.6. The maximum atomic E-state index is 12.6. The molecule has 25 heavy (non-hydrogen) atoms. The van der Waals surface area contributed by atoms with Gasteiger partial charge in [0.05, 0.1) is 11.6 Å². The van der Waals surface area contributed by atoms with Crippen molar-refractivity contribution in [2.45, 2.75) is 65.3 Å². The molecule has 3 rings (SSSR count). The van der Waals surface area contributed by atoms with Gasteiger partial charge in [0.25, 0.3) is 0 Å². The van der Waals surface area contributed by atoms with E-state index in [1.165, 1.54) is 0 Å². The van der Waals surface area contributed by atoms with Gasteiger partial charge in [0, 0.05) is 38.2 Å². The highest BCUT2D eigenvalue weighted by atomic mass is 16.5. The van der Waals surface area contributed by atoms with Crippen molar-refractivity contribution in [3.63, 3.8) is 0 Å². The highest BCUT2D eigenvalue weighted by Gasteiger charge is 2.28. The third-order valence-electron chi connectivity index (χ3n) is 4.72. The van der Waals surface area contributed by atoms with E-state index in [9.17, 15) is 4.79 Å². The first-order valence-corrected chi connectivity index (χ1v) is 9.18. The summed E-state index contributed by atoms with van der Waals surface area (Å²) in [4.78, 5) is 19.0. The Bertz CT molecular complexity index is 721. The van der Waals surface area contributed by atoms with Crippen LogP contribution in [0, 0.1) is 13.8 Å². The van der Waals surface area contributed by atoms with E-state index in [0.717, 1.165) is 49.4 Å². The Balaban J connectivity index is 1.56. The lowest BCUT2D eigenvalue weighted by Crippen LogP contribution is -2.39. The molecule has 0 radical (unpaired) electrons. The molecule has 1 unspecified atom stereocenters. The number of aromatic nitrogens is 4. The van der Waals surface area contributed by atoms with Crippen LogP contribution in [0.4, 0.5) is 0 Å². The van der Waals surface area contributed by atoms with Crippen molar-refractivity contribution < 1.29 is 9.32 Å². The molecule has 1 amide bonds. The van der Waals surface area contributed by atoms with E-state index in [4.69, 9.17) is 4.52 Å². The molecular formula is C18H27N5O2. The predicted octanol–water partition coefficient (Wildman–Crippen LogP) is 2.63. The second-order valence-corrected chi connectivity index (χ2v) is 6.88. The molecule has 0 saturated carbocycles. The van der Waals surface area contributed by atoms with Crippen molar-refractivity contribution in [3.05, 3.63) is 29.2 Å². The van der Waals surface area contributed by atoms with Crippen molar-refractivity contribution in [2.24, 2.45) is 0 Å². The molecule has 1 saturated heterocycles. The summed E-state index contributed by atoms with van der Waals surface area (Å²) in [5, 5.41) is 8.46. The lowest BCUT2D eigenvalue weighted by Gasteiger charge is -2.31. The summed E-state index contributed by atoms with van der Waals surface area (Å²) in [6.07, 6.45) is 4.28. The summed E-state index contributed by atoms with van der Waals surface area (Å²) in [6.45, 7) is 8.19. The smallest absolute Gasteiger partial charge is 0.231 e.